The Morgan fingerprint density at radius 3 is 2.83 bits per heavy atom. The summed E-state index contributed by atoms with van der Waals surface area (Å²) in [5, 5.41) is 3.40. The Kier molecular flexibility index (Phi) is 5.86. The molecule has 0 aromatic rings. The topological polar surface area (TPSA) is 32.3 Å². The van der Waals surface area contributed by atoms with Crippen LogP contribution >= 0.6 is 0 Å². The molecule has 0 aromatic heterocycles. The Morgan fingerprint density at radius 1 is 1.56 bits per heavy atom. The molecule has 3 nitrogen and oxygen atoms in total. The summed E-state index contributed by atoms with van der Waals surface area (Å²) < 4.78 is 0. The smallest absolute Gasteiger partial charge is 0.228 e. The van der Waals surface area contributed by atoms with Gasteiger partial charge in [0.2, 0.25) is 5.91 Å². The second kappa shape index (κ2) is 6.93. The molecular weight excluding hydrogens is 224 g/mol. The molecule has 18 heavy (non-hydrogen) atoms. The minimum absolute atomic E-state index is 0.254. The van der Waals surface area contributed by atoms with Crippen LogP contribution in [0.15, 0.2) is 12.7 Å². The van der Waals surface area contributed by atoms with Crippen molar-refractivity contribution in [1.29, 1.82) is 0 Å². The molecule has 1 N–H and O–H groups in total. The van der Waals surface area contributed by atoms with Crippen LogP contribution in [0.2, 0.25) is 0 Å². The molecule has 1 heterocycles. The molecule has 1 rings (SSSR count). The highest BCUT2D eigenvalue weighted by Gasteiger charge is 2.38. The lowest BCUT2D eigenvalue weighted by atomic mass is 9.74. The summed E-state index contributed by atoms with van der Waals surface area (Å²) in [6.45, 7) is 10.8. The Hall–Kier alpha value is -0.830. The van der Waals surface area contributed by atoms with Crippen molar-refractivity contribution in [3.8, 4) is 0 Å². The number of nitrogens with zero attached hydrogens (tertiary/aromatic N) is 1. The van der Waals surface area contributed by atoms with E-state index in [1.54, 1.807) is 0 Å². The van der Waals surface area contributed by atoms with E-state index in [1.807, 2.05) is 18.0 Å². The van der Waals surface area contributed by atoms with Gasteiger partial charge in [-0.15, -0.1) is 6.58 Å². The summed E-state index contributed by atoms with van der Waals surface area (Å²) in [6.07, 6.45) is 6.23. The first-order valence-corrected chi connectivity index (χ1v) is 7.07. The number of hydrogen-bond donors (Lipinski definition) is 1. The van der Waals surface area contributed by atoms with Gasteiger partial charge < -0.3 is 10.2 Å². The van der Waals surface area contributed by atoms with Gasteiger partial charge in [0.15, 0.2) is 0 Å². The first kappa shape index (κ1) is 15.2. The quantitative estimate of drug-likeness (QED) is 0.582. The number of allylic oxidation sites excluding steroid dienone is 1. The van der Waals surface area contributed by atoms with Crippen LogP contribution in [0.3, 0.4) is 0 Å². The highest BCUT2D eigenvalue weighted by Crippen LogP contribution is 2.33. The largest absolute Gasteiger partial charge is 0.345 e. The monoisotopic (exact) mass is 252 g/mol. The fourth-order valence-corrected chi connectivity index (χ4v) is 2.71. The Labute approximate surface area is 112 Å². The molecule has 1 unspecified atom stereocenters. The van der Waals surface area contributed by atoms with Crippen LogP contribution in [-0.4, -0.2) is 37.5 Å². The molecule has 1 fully saturated rings. The third-order valence-corrected chi connectivity index (χ3v) is 4.12. The third kappa shape index (κ3) is 3.84. The zero-order valence-electron chi connectivity index (χ0n) is 12.2. The molecule has 0 spiro atoms. The van der Waals surface area contributed by atoms with Gasteiger partial charge in [0.05, 0.1) is 0 Å². The van der Waals surface area contributed by atoms with Crippen LogP contribution in [0.1, 0.15) is 39.5 Å². The first-order valence-electron chi connectivity index (χ1n) is 7.07. The minimum atomic E-state index is -0.254. The number of unbranched alkanes of at least 4 members (excludes halogenated alkanes) is 1. The molecule has 0 radical (unpaired) electrons. The van der Waals surface area contributed by atoms with Gasteiger partial charge in [-0.1, -0.05) is 19.9 Å². The molecule has 0 saturated carbocycles. The Bertz CT molecular complexity index is 280. The van der Waals surface area contributed by atoms with Gasteiger partial charge in [0, 0.05) is 19.0 Å². The number of amides is 1. The molecule has 104 valence electrons. The van der Waals surface area contributed by atoms with Gasteiger partial charge in [-0.05, 0) is 44.7 Å². The molecule has 0 aliphatic carbocycles. The number of piperidine rings is 1. The fraction of sp³-hybridized carbons (Fsp3) is 0.800. The molecule has 1 aliphatic heterocycles. The summed E-state index contributed by atoms with van der Waals surface area (Å²) in [4.78, 5) is 14.4. The molecule has 1 amide bonds. The number of nitrogens with one attached hydrogen (secondary N) is 1. The molecule has 1 atom stereocenters. The molecule has 1 aliphatic rings. The van der Waals surface area contributed by atoms with Crippen LogP contribution < -0.4 is 5.32 Å². The summed E-state index contributed by atoms with van der Waals surface area (Å²) in [7, 11) is 1.92. The van der Waals surface area contributed by atoms with Crippen LogP contribution in [0.4, 0.5) is 0 Å². The zero-order chi connectivity index (χ0) is 13.6. The predicted molar refractivity (Wildman–Crippen MR) is 76.4 cm³/mol. The molecular formula is C15H28N2O. The summed E-state index contributed by atoms with van der Waals surface area (Å²) >= 11 is 0. The van der Waals surface area contributed by atoms with Crippen LogP contribution in [0.25, 0.3) is 0 Å². The number of rotatable bonds is 6. The molecule has 3 heteroatoms. The van der Waals surface area contributed by atoms with Gasteiger partial charge >= 0.3 is 0 Å². The van der Waals surface area contributed by atoms with Gasteiger partial charge in [-0.25, -0.2) is 0 Å². The lowest BCUT2D eigenvalue weighted by Crippen LogP contribution is -2.48. The van der Waals surface area contributed by atoms with E-state index < -0.39 is 0 Å². The minimum Gasteiger partial charge on any atom is -0.345 e. The van der Waals surface area contributed by atoms with E-state index in [4.69, 9.17) is 0 Å². The van der Waals surface area contributed by atoms with Crippen molar-refractivity contribution in [2.75, 3.05) is 26.7 Å². The van der Waals surface area contributed by atoms with Crippen molar-refractivity contribution in [2.24, 2.45) is 11.3 Å². The van der Waals surface area contributed by atoms with Gasteiger partial charge in [0.1, 0.15) is 0 Å². The Balaban J connectivity index is 2.53. The maximum Gasteiger partial charge on any atom is 0.228 e. The van der Waals surface area contributed by atoms with E-state index in [-0.39, 0.29) is 11.3 Å². The van der Waals surface area contributed by atoms with E-state index in [1.165, 1.54) is 6.42 Å². The van der Waals surface area contributed by atoms with E-state index >= 15 is 0 Å². The highest BCUT2D eigenvalue weighted by molar-refractivity contribution is 5.82. The summed E-state index contributed by atoms with van der Waals surface area (Å²) in [5.41, 5.74) is -0.254. The van der Waals surface area contributed by atoms with Crippen molar-refractivity contribution in [1.82, 2.24) is 10.2 Å². The van der Waals surface area contributed by atoms with E-state index in [2.05, 4.69) is 25.7 Å². The SMILES string of the molecule is C=CCCCN(C)C(=O)C(C)(C)C1CCCNC1. The molecule has 0 bridgehead atoms. The number of carbonyl (C=O) groups excluding carboxylic acids is 1. The molecule has 0 aromatic carbocycles. The number of carbonyl (C=O) groups is 1. The summed E-state index contributed by atoms with van der Waals surface area (Å²) in [6, 6.07) is 0. The Morgan fingerprint density at radius 2 is 2.28 bits per heavy atom. The normalized spacial score (nSPS) is 20.5. The van der Waals surface area contributed by atoms with Gasteiger partial charge in [0.25, 0.3) is 0 Å². The van der Waals surface area contributed by atoms with E-state index in [9.17, 15) is 4.79 Å². The second-order valence-corrected chi connectivity index (χ2v) is 5.92. The van der Waals surface area contributed by atoms with Crippen molar-refractivity contribution in [3.63, 3.8) is 0 Å². The average molecular weight is 252 g/mol. The van der Waals surface area contributed by atoms with Crippen LogP contribution in [-0.2, 0) is 4.79 Å². The average Bonchev–Trinajstić information content (AvgIpc) is 2.39. The van der Waals surface area contributed by atoms with Crippen LogP contribution in [0.5, 0.6) is 0 Å². The highest BCUT2D eigenvalue weighted by atomic mass is 16.2. The van der Waals surface area contributed by atoms with Crippen LogP contribution in [0, 0.1) is 11.3 Å². The van der Waals surface area contributed by atoms with Crippen molar-refractivity contribution in [3.05, 3.63) is 12.7 Å². The van der Waals surface area contributed by atoms with Gasteiger partial charge in [-0.2, -0.15) is 0 Å². The number of hydrogen-bond acceptors (Lipinski definition) is 2. The third-order valence-electron chi connectivity index (χ3n) is 4.12. The predicted octanol–water partition coefficient (Wildman–Crippen LogP) is 2.44. The lowest BCUT2D eigenvalue weighted by Gasteiger charge is -2.38. The maximum absolute atomic E-state index is 12.5. The summed E-state index contributed by atoms with van der Waals surface area (Å²) in [5.74, 6) is 0.737. The van der Waals surface area contributed by atoms with Crippen molar-refractivity contribution in [2.45, 2.75) is 39.5 Å². The molecule has 1 saturated heterocycles. The van der Waals surface area contributed by atoms with Crippen molar-refractivity contribution >= 4 is 5.91 Å². The van der Waals surface area contributed by atoms with E-state index in [0.717, 1.165) is 38.9 Å². The van der Waals surface area contributed by atoms with Crippen molar-refractivity contribution < 1.29 is 4.79 Å². The lowest BCUT2D eigenvalue weighted by molar-refractivity contribution is -0.142. The first-order chi connectivity index (χ1) is 8.50. The maximum atomic E-state index is 12.5. The van der Waals surface area contributed by atoms with E-state index in [0.29, 0.717) is 5.92 Å². The zero-order valence-corrected chi connectivity index (χ0v) is 12.2. The standard InChI is InChI=1S/C15H28N2O/c1-5-6-7-11-17(4)14(18)15(2,3)13-9-8-10-16-12-13/h5,13,16H,1,6-12H2,2-4H3. The van der Waals surface area contributed by atoms with Gasteiger partial charge in [-0.3, -0.25) is 4.79 Å². The second-order valence-electron chi connectivity index (χ2n) is 5.92. The fourth-order valence-electron chi connectivity index (χ4n) is 2.71.